The number of aromatic nitrogens is 1. The summed E-state index contributed by atoms with van der Waals surface area (Å²) in [5, 5.41) is 5.64. The van der Waals surface area contributed by atoms with Gasteiger partial charge in [0.05, 0.1) is 0 Å². The van der Waals surface area contributed by atoms with E-state index < -0.39 is 0 Å². The molecule has 0 bridgehead atoms. The second kappa shape index (κ2) is 6.39. The number of halogens is 1. The number of nitrogens with one attached hydrogen (secondary N) is 1. The second-order valence-electron chi connectivity index (χ2n) is 5.90. The Bertz CT molecular complexity index is 626. The predicted octanol–water partition coefficient (Wildman–Crippen LogP) is 3.07. The van der Waals surface area contributed by atoms with Gasteiger partial charge in [-0.05, 0) is 43.5 Å². The molecule has 1 aromatic carbocycles. The lowest BCUT2D eigenvalue weighted by Crippen LogP contribution is -2.44. The molecule has 114 valence electrons. The molecule has 0 aliphatic carbocycles. The van der Waals surface area contributed by atoms with Crippen LogP contribution in [0.5, 0.6) is 0 Å². The Morgan fingerprint density at radius 3 is 2.71 bits per heavy atom. The van der Waals surface area contributed by atoms with Crippen LogP contribution >= 0.6 is 11.6 Å². The van der Waals surface area contributed by atoms with Crippen molar-refractivity contribution in [1.82, 2.24) is 14.8 Å². The monoisotopic (exact) mass is 305 g/mol. The first-order chi connectivity index (χ1) is 10.2. The lowest BCUT2D eigenvalue weighted by Gasteiger charge is -2.26. The van der Waals surface area contributed by atoms with Crippen LogP contribution in [0.3, 0.4) is 0 Å². The van der Waals surface area contributed by atoms with Gasteiger partial charge in [-0.25, -0.2) is 0 Å². The standard InChI is InChI=1S/C17H24ClN3/c1-3-21-12-14(4-7-20-8-5-19-6-9-20)15-10-13(2)16(18)11-17(15)21/h10-12,19H,3-9H2,1-2H3. The smallest absolute Gasteiger partial charge is 0.0498 e. The van der Waals surface area contributed by atoms with Crippen LogP contribution in [0.1, 0.15) is 18.1 Å². The quantitative estimate of drug-likeness (QED) is 0.937. The summed E-state index contributed by atoms with van der Waals surface area (Å²) in [4.78, 5) is 2.55. The van der Waals surface area contributed by atoms with E-state index in [-0.39, 0.29) is 0 Å². The zero-order valence-corrected chi connectivity index (χ0v) is 13.7. The van der Waals surface area contributed by atoms with Crippen LogP contribution in [0, 0.1) is 6.92 Å². The van der Waals surface area contributed by atoms with Gasteiger partial charge in [0.1, 0.15) is 0 Å². The lowest BCUT2D eigenvalue weighted by atomic mass is 10.1. The highest BCUT2D eigenvalue weighted by atomic mass is 35.5. The van der Waals surface area contributed by atoms with Gasteiger partial charge in [0, 0.05) is 61.4 Å². The van der Waals surface area contributed by atoms with Gasteiger partial charge in [0.25, 0.3) is 0 Å². The maximum Gasteiger partial charge on any atom is 0.0498 e. The van der Waals surface area contributed by atoms with Crippen molar-refractivity contribution in [3.8, 4) is 0 Å². The normalized spacial score (nSPS) is 16.7. The average molecular weight is 306 g/mol. The van der Waals surface area contributed by atoms with Crippen molar-refractivity contribution in [2.24, 2.45) is 0 Å². The summed E-state index contributed by atoms with van der Waals surface area (Å²) < 4.78 is 2.31. The van der Waals surface area contributed by atoms with Crippen LogP contribution in [-0.4, -0.2) is 42.2 Å². The van der Waals surface area contributed by atoms with Gasteiger partial charge in [-0.3, -0.25) is 0 Å². The molecule has 1 aliphatic heterocycles. The number of rotatable bonds is 4. The van der Waals surface area contributed by atoms with Crippen molar-refractivity contribution < 1.29 is 0 Å². The minimum absolute atomic E-state index is 0.865. The molecule has 1 N–H and O–H groups in total. The Morgan fingerprint density at radius 2 is 2.00 bits per heavy atom. The second-order valence-corrected chi connectivity index (χ2v) is 6.31. The lowest BCUT2D eigenvalue weighted by molar-refractivity contribution is 0.244. The molecule has 0 radical (unpaired) electrons. The molecule has 1 saturated heterocycles. The van der Waals surface area contributed by atoms with Gasteiger partial charge in [0.2, 0.25) is 0 Å². The molecular formula is C17H24ClN3. The van der Waals surface area contributed by atoms with E-state index in [2.05, 4.69) is 47.0 Å². The molecule has 2 heterocycles. The Kier molecular flexibility index (Phi) is 4.53. The van der Waals surface area contributed by atoms with Crippen molar-refractivity contribution in [2.75, 3.05) is 32.7 Å². The summed E-state index contributed by atoms with van der Waals surface area (Å²) in [5.41, 5.74) is 3.88. The van der Waals surface area contributed by atoms with Gasteiger partial charge in [-0.2, -0.15) is 0 Å². The molecule has 0 amide bonds. The summed E-state index contributed by atoms with van der Waals surface area (Å²) in [7, 11) is 0. The summed E-state index contributed by atoms with van der Waals surface area (Å²) in [5.74, 6) is 0. The Balaban J connectivity index is 1.85. The first kappa shape index (κ1) is 14.9. The number of hydrogen-bond donors (Lipinski definition) is 1. The maximum absolute atomic E-state index is 6.30. The highest BCUT2D eigenvalue weighted by molar-refractivity contribution is 6.32. The molecule has 3 nitrogen and oxygen atoms in total. The van der Waals surface area contributed by atoms with E-state index in [9.17, 15) is 0 Å². The summed E-state index contributed by atoms with van der Waals surface area (Å²) in [6.45, 7) is 11.0. The summed E-state index contributed by atoms with van der Waals surface area (Å²) >= 11 is 6.30. The van der Waals surface area contributed by atoms with Gasteiger partial charge in [-0.15, -0.1) is 0 Å². The average Bonchev–Trinajstić information content (AvgIpc) is 2.84. The Hall–Kier alpha value is -1.03. The molecule has 21 heavy (non-hydrogen) atoms. The SMILES string of the molecule is CCn1cc(CCN2CCNCC2)c2cc(C)c(Cl)cc21. The van der Waals surface area contributed by atoms with Crippen LogP contribution in [0.25, 0.3) is 10.9 Å². The minimum Gasteiger partial charge on any atom is -0.347 e. The molecule has 4 heteroatoms. The molecule has 0 unspecified atom stereocenters. The Morgan fingerprint density at radius 1 is 1.24 bits per heavy atom. The van der Waals surface area contributed by atoms with Crippen molar-refractivity contribution in [3.63, 3.8) is 0 Å². The van der Waals surface area contributed by atoms with Gasteiger partial charge in [-0.1, -0.05) is 11.6 Å². The number of fused-ring (bicyclic) bond motifs is 1. The van der Waals surface area contributed by atoms with E-state index in [1.54, 1.807) is 0 Å². The molecule has 1 aromatic heterocycles. The third-order valence-electron chi connectivity index (χ3n) is 4.49. The van der Waals surface area contributed by atoms with Crippen LogP contribution < -0.4 is 5.32 Å². The van der Waals surface area contributed by atoms with Crippen molar-refractivity contribution in [3.05, 3.63) is 34.5 Å². The number of benzene rings is 1. The van der Waals surface area contributed by atoms with Crippen LogP contribution in [0.15, 0.2) is 18.3 Å². The third kappa shape index (κ3) is 3.10. The molecule has 1 fully saturated rings. The Labute approximate surface area is 131 Å². The summed E-state index contributed by atoms with van der Waals surface area (Å²) in [6.07, 6.45) is 3.42. The van der Waals surface area contributed by atoms with E-state index in [0.717, 1.165) is 50.7 Å². The molecular weight excluding hydrogens is 282 g/mol. The van der Waals surface area contributed by atoms with Crippen molar-refractivity contribution in [1.29, 1.82) is 0 Å². The molecule has 0 atom stereocenters. The van der Waals surface area contributed by atoms with E-state index in [0.29, 0.717) is 0 Å². The van der Waals surface area contributed by atoms with E-state index in [4.69, 9.17) is 11.6 Å². The summed E-state index contributed by atoms with van der Waals surface area (Å²) in [6, 6.07) is 4.36. The van der Waals surface area contributed by atoms with Crippen LogP contribution in [0.2, 0.25) is 5.02 Å². The van der Waals surface area contributed by atoms with Gasteiger partial charge < -0.3 is 14.8 Å². The van der Waals surface area contributed by atoms with Crippen molar-refractivity contribution in [2.45, 2.75) is 26.8 Å². The highest BCUT2D eigenvalue weighted by Crippen LogP contribution is 2.28. The van der Waals surface area contributed by atoms with Crippen LogP contribution in [0.4, 0.5) is 0 Å². The maximum atomic E-state index is 6.30. The molecule has 2 aromatic rings. The first-order valence-corrected chi connectivity index (χ1v) is 8.27. The van der Waals surface area contributed by atoms with E-state index in [1.807, 2.05) is 0 Å². The predicted molar refractivity (Wildman–Crippen MR) is 90.4 cm³/mol. The number of aryl methyl sites for hydroxylation is 2. The van der Waals surface area contributed by atoms with Crippen LogP contribution in [-0.2, 0) is 13.0 Å². The fourth-order valence-electron chi connectivity index (χ4n) is 3.17. The topological polar surface area (TPSA) is 20.2 Å². The molecule has 1 aliphatic rings. The number of hydrogen-bond acceptors (Lipinski definition) is 2. The zero-order valence-electron chi connectivity index (χ0n) is 13.0. The zero-order chi connectivity index (χ0) is 14.8. The molecule has 3 rings (SSSR count). The molecule has 0 saturated carbocycles. The van der Waals surface area contributed by atoms with E-state index >= 15 is 0 Å². The third-order valence-corrected chi connectivity index (χ3v) is 4.90. The first-order valence-electron chi connectivity index (χ1n) is 7.90. The highest BCUT2D eigenvalue weighted by Gasteiger charge is 2.13. The largest absolute Gasteiger partial charge is 0.347 e. The minimum atomic E-state index is 0.865. The number of piperazine rings is 1. The fraction of sp³-hybridized carbons (Fsp3) is 0.529. The van der Waals surface area contributed by atoms with Gasteiger partial charge >= 0.3 is 0 Å². The fourth-order valence-corrected chi connectivity index (χ4v) is 3.33. The molecule has 0 spiro atoms. The van der Waals surface area contributed by atoms with Gasteiger partial charge in [0.15, 0.2) is 0 Å². The number of nitrogens with zero attached hydrogens (tertiary/aromatic N) is 2. The van der Waals surface area contributed by atoms with E-state index in [1.165, 1.54) is 22.0 Å². The van der Waals surface area contributed by atoms with Crippen molar-refractivity contribution >= 4 is 22.5 Å².